The molecule has 0 amide bonds. The molecule has 5 heteroatoms. The van der Waals surface area contributed by atoms with Gasteiger partial charge in [-0.3, -0.25) is 10.7 Å². The number of benzene rings is 1. The molecule has 20 heavy (non-hydrogen) atoms. The van der Waals surface area contributed by atoms with Gasteiger partial charge in [0.05, 0.1) is 18.5 Å². The highest BCUT2D eigenvalue weighted by Gasteiger charge is 1.97. The second-order valence-electron chi connectivity index (χ2n) is 4.18. The minimum absolute atomic E-state index is 0.578. The number of aryl methyl sites for hydroxylation is 1. The lowest BCUT2D eigenvalue weighted by atomic mass is 10.1. The van der Waals surface area contributed by atoms with Crippen LogP contribution < -0.4 is 10.2 Å². The third-order valence-corrected chi connectivity index (χ3v) is 2.69. The zero-order valence-corrected chi connectivity index (χ0v) is 11.1. The van der Waals surface area contributed by atoms with E-state index in [1.807, 2.05) is 23.7 Å². The van der Waals surface area contributed by atoms with Gasteiger partial charge in [-0.2, -0.15) is 0 Å². The number of nitrogens with zero attached hydrogens (tertiary/aromatic N) is 2. The van der Waals surface area contributed by atoms with Crippen LogP contribution in [-0.4, -0.2) is 23.1 Å². The first-order valence-electron chi connectivity index (χ1n) is 6.43. The van der Waals surface area contributed by atoms with Gasteiger partial charge in [0.15, 0.2) is 0 Å². The van der Waals surface area contributed by atoms with Crippen LogP contribution in [0, 0.1) is 0 Å². The monoisotopic (exact) mass is 271 g/mol. The summed E-state index contributed by atoms with van der Waals surface area (Å²) in [4.78, 5) is 8.03. The fraction of sp³-hybridized carbons (Fsp3) is 0.200. The second-order valence-corrected chi connectivity index (χ2v) is 4.18. The summed E-state index contributed by atoms with van der Waals surface area (Å²) >= 11 is 0. The summed E-state index contributed by atoms with van der Waals surface area (Å²) in [5.74, 6) is 0.578. The number of aliphatic imine (C=N–C) groups is 1. The van der Waals surface area contributed by atoms with E-state index >= 15 is 0 Å². The second kappa shape index (κ2) is 7.91. The highest BCUT2D eigenvalue weighted by molar-refractivity contribution is 5.59. The minimum Gasteiger partial charge on any atom is -0.478 e. The Kier molecular flexibility index (Phi) is 5.54. The van der Waals surface area contributed by atoms with E-state index < -0.39 is 0 Å². The van der Waals surface area contributed by atoms with Crippen LogP contribution in [0.25, 0.3) is 0 Å². The summed E-state index contributed by atoms with van der Waals surface area (Å²) in [7, 11) is 0. The Bertz CT molecular complexity index is 527. The number of rotatable bonds is 7. The van der Waals surface area contributed by atoms with E-state index in [1.54, 1.807) is 18.3 Å². The molecule has 0 saturated heterocycles. The standard InChI is InChI=1S/C15H17N3O2/c19-18-12-17-14-8-9-15(16-11-14)20-10-4-7-13-5-2-1-3-6-13/h1-3,5-6,8-9,11-12,19H,4,7,10H2,(H,17,18). The number of pyridine rings is 1. The molecule has 1 aromatic heterocycles. The molecule has 0 saturated carbocycles. The molecular formula is C15H17N3O2. The molecule has 0 fully saturated rings. The number of aromatic nitrogens is 1. The third-order valence-electron chi connectivity index (χ3n) is 2.69. The fourth-order valence-corrected chi connectivity index (χ4v) is 1.74. The van der Waals surface area contributed by atoms with Crippen molar-refractivity contribution in [3.63, 3.8) is 0 Å². The molecule has 2 aromatic rings. The van der Waals surface area contributed by atoms with Crippen molar-refractivity contribution < 1.29 is 9.94 Å². The van der Waals surface area contributed by atoms with Crippen LogP contribution in [0.1, 0.15) is 12.0 Å². The maximum Gasteiger partial charge on any atom is 0.213 e. The third kappa shape index (κ3) is 4.70. The molecule has 0 radical (unpaired) electrons. The lowest BCUT2D eigenvalue weighted by Gasteiger charge is -2.05. The summed E-state index contributed by atoms with van der Waals surface area (Å²) in [5.41, 5.74) is 3.79. The van der Waals surface area contributed by atoms with Crippen LogP contribution in [-0.2, 0) is 6.42 Å². The number of hydroxylamine groups is 1. The van der Waals surface area contributed by atoms with E-state index in [4.69, 9.17) is 9.94 Å². The predicted octanol–water partition coefficient (Wildman–Crippen LogP) is 2.73. The largest absolute Gasteiger partial charge is 0.478 e. The predicted molar refractivity (Wildman–Crippen MR) is 77.6 cm³/mol. The van der Waals surface area contributed by atoms with Gasteiger partial charge in [0, 0.05) is 6.07 Å². The number of hydrogen-bond acceptors (Lipinski definition) is 4. The summed E-state index contributed by atoms with van der Waals surface area (Å²) in [5, 5.41) is 8.38. The Balaban J connectivity index is 1.73. The molecule has 0 atom stereocenters. The quantitative estimate of drug-likeness (QED) is 0.352. The van der Waals surface area contributed by atoms with Crippen LogP contribution in [0.2, 0.25) is 0 Å². The van der Waals surface area contributed by atoms with Crippen LogP contribution in [0.4, 0.5) is 5.69 Å². The van der Waals surface area contributed by atoms with Crippen molar-refractivity contribution in [2.45, 2.75) is 12.8 Å². The van der Waals surface area contributed by atoms with Crippen molar-refractivity contribution in [3.05, 3.63) is 54.2 Å². The molecule has 2 N–H and O–H groups in total. The molecule has 5 nitrogen and oxygen atoms in total. The SMILES string of the molecule is ONC=Nc1ccc(OCCCc2ccccc2)nc1. The molecule has 0 aliphatic rings. The van der Waals surface area contributed by atoms with Gasteiger partial charge in [0.2, 0.25) is 5.88 Å². The zero-order valence-electron chi connectivity index (χ0n) is 11.1. The molecule has 0 bridgehead atoms. The Morgan fingerprint density at radius 3 is 2.75 bits per heavy atom. The zero-order chi connectivity index (χ0) is 14.0. The van der Waals surface area contributed by atoms with Gasteiger partial charge in [-0.1, -0.05) is 30.3 Å². The van der Waals surface area contributed by atoms with Crippen molar-refractivity contribution in [1.82, 2.24) is 10.5 Å². The van der Waals surface area contributed by atoms with E-state index in [2.05, 4.69) is 22.1 Å². The molecule has 1 aromatic carbocycles. The normalized spacial score (nSPS) is 10.7. The minimum atomic E-state index is 0.578. The van der Waals surface area contributed by atoms with Gasteiger partial charge >= 0.3 is 0 Å². The lowest BCUT2D eigenvalue weighted by molar-refractivity contribution is 0.240. The van der Waals surface area contributed by atoms with E-state index in [-0.39, 0.29) is 0 Å². The van der Waals surface area contributed by atoms with E-state index in [0.717, 1.165) is 12.8 Å². The highest BCUT2D eigenvalue weighted by atomic mass is 16.5. The molecule has 104 valence electrons. The van der Waals surface area contributed by atoms with Gasteiger partial charge in [-0.25, -0.2) is 9.98 Å². The van der Waals surface area contributed by atoms with E-state index in [0.29, 0.717) is 18.2 Å². The first kappa shape index (κ1) is 14.0. The first-order valence-corrected chi connectivity index (χ1v) is 6.43. The van der Waals surface area contributed by atoms with Crippen molar-refractivity contribution in [3.8, 4) is 5.88 Å². The van der Waals surface area contributed by atoms with E-state index in [1.165, 1.54) is 11.9 Å². The molecule has 1 heterocycles. The summed E-state index contributed by atoms with van der Waals surface area (Å²) in [6.45, 7) is 0.628. The van der Waals surface area contributed by atoms with Crippen molar-refractivity contribution in [2.75, 3.05) is 6.61 Å². The summed E-state index contributed by atoms with van der Waals surface area (Å²) in [6.07, 6.45) is 4.70. The van der Waals surface area contributed by atoms with Crippen LogP contribution in [0.5, 0.6) is 5.88 Å². The van der Waals surface area contributed by atoms with Crippen molar-refractivity contribution in [2.24, 2.45) is 4.99 Å². The first-order chi connectivity index (χ1) is 9.88. The van der Waals surface area contributed by atoms with E-state index in [9.17, 15) is 0 Å². The Hall–Kier alpha value is -2.40. The summed E-state index contributed by atoms with van der Waals surface area (Å²) in [6, 6.07) is 13.8. The van der Waals surface area contributed by atoms with Gasteiger partial charge in [0.25, 0.3) is 0 Å². The fourth-order valence-electron chi connectivity index (χ4n) is 1.74. The maximum atomic E-state index is 8.38. The van der Waals surface area contributed by atoms with Gasteiger partial charge in [0.1, 0.15) is 6.34 Å². The molecule has 0 aliphatic carbocycles. The number of ether oxygens (including phenoxy) is 1. The maximum absolute atomic E-state index is 8.38. The van der Waals surface area contributed by atoms with Crippen molar-refractivity contribution >= 4 is 12.0 Å². The number of nitrogens with one attached hydrogen (secondary N) is 1. The van der Waals surface area contributed by atoms with Gasteiger partial charge in [-0.15, -0.1) is 0 Å². The molecule has 0 spiro atoms. The number of hydrogen-bond donors (Lipinski definition) is 2. The highest BCUT2D eigenvalue weighted by Crippen LogP contribution is 2.14. The molecular weight excluding hydrogens is 254 g/mol. The average molecular weight is 271 g/mol. The Morgan fingerprint density at radius 2 is 2.05 bits per heavy atom. The average Bonchev–Trinajstić information content (AvgIpc) is 2.52. The van der Waals surface area contributed by atoms with Gasteiger partial charge in [-0.05, 0) is 24.5 Å². The van der Waals surface area contributed by atoms with Crippen LogP contribution in [0.15, 0.2) is 53.7 Å². The topological polar surface area (TPSA) is 66.7 Å². The molecule has 0 aliphatic heterocycles. The smallest absolute Gasteiger partial charge is 0.213 e. The molecule has 0 unspecified atom stereocenters. The van der Waals surface area contributed by atoms with Gasteiger partial charge < -0.3 is 4.74 Å². The molecule has 2 rings (SSSR count). The summed E-state index contributed by atoms with van der Waals surface area (Å²) < 4.78 is 5.56. The van der Waals surface area contributed by atoms with Crippen LogP contribution in [0.3, 0.4) is 0 Å². The Labute approximate surface area is 117 Å². The Morgan fingerprint density at radius 1 is 1.20 bits per heavy atom. The van der Waals surface area contributed by atoms with Crippen LogP contribution >= 0.6 is 0 Å². The lowest BCUT2D eigenvalue weighted by Crippen LogP contribution is -2.01. The van der Waals surface area contributed by atoms with Crippen molar-refractivity contribution in [1.29, 1.82) is 0 Å².